The first-order valence-corrected chi connectivity index (χ1v) is 4.84. The Morgan fingerprint density at radius 1 is 1.36 bits per heavy atom. The van der Waals surface area contributed by atoms with E-state index in [-0.39, 0.29) is 5.78 Å². The molecule has 4 heteroatoms. The van der Waals surface area contributed by atoms with Crippen LogP contribution in [0.1, 0.15) is 20.1 Å². The van der Waals surface area contributed by atoms with E-state index in [1.165, 1.54) is 11.3 Å². The van der Waals surface area contributed by atoms with Gasteiger partial charge in [-0.05, 0) is 26.0 Å². The lowest BCUT2D eigenvalue weighted by Gasteiger charge is -1.90. The van der Waals surface area contributed by atoms with Gasteiger partial charge in [-0.25, -0.2) is 4.79 Å². The Bertz CT molecular complexity index is 401. The molecule has 0 aromatic carbocycles. The molecule has 1 N–H and O–H groups in total. The van der Waals surface area contributed by atoms with Crippen molar-refractivity contribution in [1.82, 2.24) is 0 Å². The van der Waals surface area contributed by atoms with E-state index in [9.17, 15) is 9.59 Å². The number of hydrogen-bond donors (Lipinski definition) is 1. The third-order valence-electron chi connectivity index (χ3n) is 1.68. The Labute approximate surface area is 85.7 Å². The van der Waals surface area contributed by atoms with Crippen molar-refractivity contribution < 1.29 is 14.7 Å². The van der Waals surface area contributed by atoms with Crippen LogP contribution in [-0.2, 0) is 4.79 Å². The summed E-state index contributed by atoms with van der Waals surface area (Å²) in [5.74, 6) is -1.36. The SMILES string of the molecule is Cc1cc(C(=O)C=CC(=O)O)c(C)s1. The summed E-state index contributed by atoms with van der Waals surface area (Å²) in [4.78, 5) is 23.6. The van der Waals surface area contributed by atoms with Gasteiger partial charge in [0.05, 0.1) is 0 Å². The average Bonchev–Trinajstić information content (AvgIpc) is 2.41. The number of thiophene rings is 1. The number of ketones is 1. The van der Waals surface area contributed by atoms with Crippen molar-refractivity contribution >= 4 is 23.1 Å². The summed E-state index contributed by atoms with van der Waals surface area (Å²) >= 11 is 1.53. The number of aliphatic carboxylic acids is 1. The first kappa shape index (κ1) is 10.7. The summed E-state index contributed by atoms with van der Waals surface area (Å²) < 4.78 is 0. The zero-order chi connectivity index (χ0) is 10.7. The monoisotopic (exact) mass is 210 g/mol. The molecule has 1 heterocycles. The van der Waals surface area contributed by atoms with Crippen LogP contribution in [0.5, 0.6) is 0 Å². The zero-order valence-electron chi connectivity index (χ0n) is 7.90. The maximum atomic E-state index is 11.4. The van der Waals surface area contributed by atoms with Crippen LogP contribution in [0.4, 0.5) is 0 Å². The zero-order valence-corrected chi connectivity index (χ0v) is 8.72. The third kappa shape index (κ3) is 2.53. The van der Waals surface area contributed by atoms with Crippen LogP contribution in [0.15, 0.2) is 18.2 Å². The van der Waals surface area contributed by atoms with Crippen LogP contribution in [0.3, 0.4) is 0 Å². The molecule has 3 nitrogen and oxygen atoms in total. The molecule has 1 rings (SSSR count). The summed E-state index contributed by atoms with van der Waals surface area (Å²) in [6.07, 6.45) is 1.94. The molecule has 0 bridgehead atoms. The molecule has 0 aliphatic carbocycles. The van der Waals surface area contributed by atoms with Crippen LogP contribution < -0.4 is 0 Å². The Hall–Kier alpha value is -1.42. The normalized spacial score (nSPS) is 10.7. The fourth-order valence-electron chi connectivity index (χ4n) is 1.11. The third-order valence-corrected chi connectivity index (χ3v) is 2.65. The standard InChI is InChI=1S/C10H10O3S/c1-6-5-8(7(2)14-6)9(11)3-4-10(12)13/h3-5H,1-2H3,(H,12,13). The highest BCUT2D eigenvalue weighted by atomic mass is 32.1. The molecule has 0 saturated heterocycles. The quantitative estimate of drug-likeness (QED) is 0.614. The van der Waals surface area contributed by atoms with Gasteiger partial charge < -0.3 is 5.11 Å². The first-order chi connectivity index (χ1) is 6.50. The minimum Gasteiger partial charge on any atom is -0.478 e. The van der Waals surface area contributed by atoms with Crippen molar-refractivity contribution in [3.63, 3.8) is 0 Å². The lowest BCUT2D eigenvalue weighted by molar-refractivity contribution is -0.131. The van der Waals surface area contributed by atoms with Gasteiger partial charge in [0.15, 0.2) is 5.78 Å². The summed E-state index contributed by atoms with van der Waals surface area (Å²) in [6, 6.07) is 1.77. The Morgan fingerprint density at radius 3 is 2.43 bits per heavy atom. The van der Waals surface area contributed by atoms with E-state index in [1.54, 1.807) is 6.07 Å². The molecule has 0 aliphatic heterocycles. The molecular formula is C10H10O3S. The molecule has 0 spiro atoms. The second kappa shape index (κ2) is 4.19. The molecule has 74 valence electrons. The average molecular weight is 210 g/mol. The van der Waals surface area contributed by atoms with Crippen molar-refractivity contribution in [2.24, 2.45) is 0 Å². The van der Waals surface area contributed by atoms with E-state index >= 15 is 0 Å². The van der Waals surface area contributed by atoms with E-state index in [4.69, 9.17) is 5.11 Å². The number of carboxylic acid groups (broad SMARTS) is 1. The second-order valence-electron chi connectivity index (χ2n) is 2.86. The van der Waals surface area contributed by atoms with Gasteiger partial charge in [0.1, 0.15) is 0 Å². The summed E-state index contributed by atoms with van der Waals surface area (Å²) in [6.45, 7) is 3.76. The van der Waals surface area contributed by atoms with Gasteiger partial charge in [-0.2, -0.15) is 0 Å². The van der Waals surface area contributed by atoms with E-state index in [1.807, 2.05) is 13.8 Å². The largest absolute Gasteiger partial charge is 0.478 e. The molecule has 14 heavy (non-hydrogen) atoms. The number of carboxylic acids is 1. The highest BCUT2D eigenvalue weighted by Gasteiger charge is 2.08. The predicted octanol–water partition coefficient (Wildman–Crippen LogP) is 2.19. The van der Waals surface area contributed by atoms with Gasteiger partial charge in [-0.1, -0.05) is 0 Å². The topological polar surface area (TPSA) is 54.4 Å². The molecule has 0 atom stereocenters. The molecule has 1 aromatic rings. The summed E-state index contributed by atoms with van der Waals surface area (Å²) in [5.41, 5.74) is 0.588. The van der Waals surface area contributed by atoms with E-state index in [0.29, 0.717) is 5.56 Å². The fourth-order valence-corrected chi connectivity index (χ4v) is 2.04. The summed E-state index contributed by atoms with van der Waals surface area (Å²) in [5, 5.41) is 8.35. The van der Waals surface area contributed by atoms with Crippen molar-refractivity contribution in [2.45, 2.75) is 13.8 Å². The van der Waals surface area contributed by atoms with Gasteiger partial charge in [-0.15, -0.1) is 11.3 Å². The number of carbonyl (C=O) groups is 2. The smallest absolute Gasteiger partial charge is 0.328 e. The molecule has 0 fully saturated rings. The molecule has 0 unspecified atom stereocenters. The van der Waals surface area contributed by atoms with Crippen molar-refractivity contribution in [1.29, 1.82) is 0 Å². The van der Waals surface area contributed by atoms with Gasteiger partial charge >= 0.3 is 5.97 Å². The van der Waals surface area contributed by atoms with Crippen LogP contribution >= 0.6 is 11.3 Å². The van der Waals surface area contributed by atoms with Gasteiger partial charge in [0.25, 0.3) is 0 Å². The van der Waals surface area contributed by atoms with Crippen molar-refractivity contribution in [2.75, 3.05) is 0 Å². The molecular weight excluding hydrogens is 200 g/mol. The van der Waals surface area contributed by atoms with Crippen LogP contribution in [0, 0.1) is 13.8 Å². The minimum atomic E-state index is -1.11. The van der Waals surface area contributed by atoms with E-state index < -0.39 is 5.97 Å². The Balaban J connectivity index is 2.90. The van der Waals surface area contributed by atoms with E-state index in [0.717, 1.165) is 21.9 Å². The lowest BCUT2D eigenvalue weighted by Crippen LogP contribution is -1.96. The molecule has 0 radical (unpaired) electrons. The Kier molecular flexibility index (Phi) is 3.19. The van der Waals surface area contributed by atoms with Crippen LogP contribution in [-0.4, -0.2) is 16.9 Å². The van der Waals surface area contributed by atoms with Crippen molar-refractivity contribution in [3.05, 3.63) is 33.5 Å². The summed E-state index contributed by atoms with van der Waals surface area (Å²) in [7, 11) is 0. The molecule has 0 amide bonds. The van der Waals surface area contributed by atoms with Gasteiger partial charge in [0, 0.05) is 21.4 Å². The minimum absolute atomic E-state index is 0.255. The first-order valence-electron chi connectivity index (χ1n) is 4.03. The maximum absolute atomic E-state index is 11.4. The van der Waals surface area contributed by atoms with Crippen LogP contribution in [0.25, 0.3) is 0 Å². The van der Waals surface area contributed by atoms with Crippen molar-refractivity contribution in [3.8, 4) is 0 Å². The van der Waals surface area contributed by atoms with Gasteiger partial charge in [-0.3, -0.25) is 4.79 Å². The highest BCUT2D eigenvalue weighted by Crippen LogP contribution is 2.21. The molecule has 1 aromatic heterocycles. The number of aryl methyl sites for hydroxylation is 2. The molecule has 0 saturated carbocycles. The number of hydrogen-bond acceptors (Lipinski definition) is 3. The molecule has 0 aliphatic rings. The number of allylic oxidation sites excluding steroid dienone is 1. The maximum Gasteiger partial charge on any atom is 0.328 e. The van der Waals surface area contributed by atoms with E-state index in [2.05, 4.69) is 0 Å². The Morgan fingerprint density at radius 2 is 2.00 bits per heavy atom. The highest BCUT2D eigenvalue weighted by molar-refractivity contribution is 7.12. The second-order valence-corrected chi connectivity index (χ2v) is 4.32. The number of rotatable bonds is 3. The van der Waals surface area contributed by atoms with Crippen LogP contribution in [0.2, 0.25) is 0 Å². The fraction of sp³-hybridized carbons (Fsp3) is 0.200. The lowest BCUT2D eigenvalue weighted by atomic mass is 10.1. The predicted molar refractivity (Wildman–Crippen MR) is 54.9 cm³/mol. The number of carbonyl (C=O) groups excluding carboxylic acids is 1. The van der Waals surface area contributed by atoms with Gasteiger partial charge in [0.2, 0.25) is 0 Å².